The Hall–Kier alpha value is -2.80. The van der Waals surface area contributed by atoms with Crippen LogP contribution in [0.5, 0.6) is 5.75 Å². The van der Waals surface area contributed by atoms with Gasteiger partial charge in [0.1, 0.15) is 5.75 Å². The molecule has 1 aliphatic carbocycles. The van der Waals surface area contributed by atoms with Gasteiger partial charge in [-0.15, -0.1) is 0 Å². The number of esters is 1. The second-order valence-electron chi connectivity index (χ2n) is 8.69. The zero-order chi connectivity index (χ0) is 24.3. The van der Waals surface area contributed by atoms with Crippen molar-refractivity contribution in [3.05, 3.63) is 52.1 Å². The predicted molar refractivity (Wildman–Crippen MR) is 132 cm³/mol. The molecule has 34 heavy (non-hydrogen) atoms. The van der Waals surface area contributed by atoms with Crippen molar-refractivity contribution in [2.45, 2.75) is 70.8 Å². The van der Waals surface area contributed by atoms with E-state index in [9.17, 15) is 14.7 Å². The molecule has 0 spiro atoms. The van der Waals surface area contributed by atoms with Crippen molar-refractivity contribution >= 4 is 29.2 Å². The molecule has 0 radical (unpaired) electrons. The van der Waals surface area contributed by atoms with Crippen molar-refractivity contribution in [2.75, 3.05) is 13.2 Å². The van der Waals surface area contributed by atoms with E-state index in [-0.39, 0.29) is 42.4 Å². The number of carbonyl (C=O) groups is 2. The summed E-state index contributed by atoms with van der Waals surface area (Å²) in [4.78, 5) is 30.5. The molecule has 8 heteroatoms. The van der Waals surface area contributed by atoms with Gasteiger partial charge >= 0.3 is 5.97 Å². The molecule has 1 aliphatic heterocycles. The normalized spacial score (nSPS) is 21.1. The average molecular weight is 489 g/mol. The molecule has 0 unspecified atom stereocenters. The number of amides is 1. The van der Waals surface area contributed by atoms with Gasteiger partial charge in [-0.25, -0.2) is 4.79 Å². The Morgan fingerprint density at radius 1 is 1.21 bits per heavy atom. The first-order valence-corrected chi connectivity index (χ1v) is 12.3. The number of phenols is 1. The number of fused-ring (bicyclic) bond motifs is 1. The molecule has 2 aliphatic rings. The van der Waals surface area contributed by atoms with Crippen molar-refractivity contribution in [1.29, 1.82) is 0 Å². The first-order chi connectivity index (χ1) is 16.5. The molecule has 3 rings (SSSR count). The van der Waals surface area contributed by atoms with Gasteiger partial charge in [0, 0.05) is 12.5 Å². The standard InChI is InChI=1S/C26H33ClN2O5/c1-18-15-22(30)25(27)21-16-20(29-34-17-23(31)28-19-11-8-6-9-12-19)13-7-4-2-3-5-10-14-33-26(32)24(18)21/h3,5,7,13,15,19,30H,2,4,6,8-12,14,16-17H2,1H3,(H,28,31)/b5-3+,13-7+,29-20+. The Labute approximate surface area is 205 Å². The van der Waals surface area contributed by atoms with Crippen LogP contribution in [0.2, 0.25) is 5.02 Å². The van der Waals surface area contributed by atoms with Crippen LogP contribution in [-0.2, 0) is 20.8 Å². The van der Waals surface area contributed by atoms with E-state index in [0.717, 1.165) is 38.5 Å². The third-order valence-electron chi connectivity index (χ3n) is 5.94. The van der Waals surface area contributed by atoms with Gasteiger partial charge in [0.25, 0.3) is 5.91 Å². The number of oxime groups is 1. The minimum Gasteiger partial charge on any atom is -0.506 e. The number of phenolic OH excluding ortho intramolecular Hbond substituents is 1. The van der Waals surface area contributed by atoms with Gasteiger partial charge in [0.15, 0.2) is 6.61 Å². The summed E-state index contributed by atoms with van der Waals surface area (Å²) in [6.45, 7) is 1.78. The highest BCUT2D eigenvalue weighted by atomic mass is 35.5. The van der Waals surface area contributed by atoms with E-state index in [0.29, 0.717) is 28.8 Å². The highest BCUT2D eigenvalue weighted by molar-refractivity contribution is 6.33. The SMILES string of the molecule is Cc1cc(O)c(Cl)c2c1C(=O)OCC/C=C/CC/C=C/C(=N\OCC(=O)NC1CCCCC1)C2. The summed E-state index contributed by atoms with van der Waals surface area (Å²) >= 11 is 6.40. The third kappa shape index (κ3) is 7.62. The number of halogens is 1. The maximum Gasteiger partial charge on any atom is 0.338 e. The van der Waals surface area contributed by atoms with E-state index in [1.807, 2.05) is 18.2 Å². The summed E-state index contributed by atoms with van der Waals surface area (Å²) in [5.41, 5.74) is 1.75. The molecular formula is C26H33ClN2O5. The molecule has 1 amide bonds. The summed E-state index contributed by atoms with van der Waals surface area (Å²) in [6, 6.07) is 1.65. The monoisotopic (exact) mass is 488 g/mol. The first kappa shape index (κ1) is 25.8. The molecule has 1 aromatic rings. The number of ether oxygens (including phenoxy) is 1. The molecule has 1 fully saturated rings. The van der Waals surface area contributed by atoms with Crippen LogP contribution in [0.15, 0.2) is 35.5 Å². The molecule has 7 nitrogen and oxygen atoms in total. The van der Waals surface area contributed by atoms with Crippen molar-refractivity contribution < 1.29 is 24.3 Å². The van der Waals surface area contributed by atoms with E-state index in [1.54, 1.807) is 13.0 Å². The summed E-state index contributed by atoms with van der Waals surface area (Å²) in [5.74, 6) is -0.830. The van der Waals surface area contributed by atoms with Crippen LogP contribution >= 0.6 is 11.6 Å². The Morgan fingerprint density at radius 2 is 1.94 bits per heavy atom. The number of carbonyl (C=O) groups excluding carboxylic acids is 2. The molecule has 0 aromatic heterocycles. The number of nitrogens with one attached hydrogen (secondary N) is 1. The Kier molecular flexibility index (Phi) is 10.0. The van der Waals surface area contributed by atoms with E-state index >= 15 is 0 Å². The van der Waals surface area contributed by atoms with Crippen LogP contribution in [0.25, 0.3) is 0 Å². The predicted octanol–water partition coefficient (Wildman–Crippen LogP) is 5.17. The number of aryl methyl sites for hydroxylation is 1. The molecule has 1 saturated carbocycles. The number of hydrogen-bond donors (Lipinski definition) is 2. The van der Waals surface area contributed by atoms with Gasteiger partial charge in [0.05, 0.1) is 22.9 Å². The Balaban J connectivity index is 1.80. The van der Waals surface area contributed by atoms with E-state index in [1.165, 1.54) is 12.5 Å². The van der Waals surface area contributed by atoms with E-state index < -0.39 is 5.97 Å². The minimum atomic E-state index is -0.504. The molecular weight excluding hydrogens is 456 g/mol. The van der Waals surface area contributed by atoms with Gasteiger partial charge in [-0.2, -0.15) is 0 Å². The first-order valence-electron chi connectivity index (χ1n) is 11.9. The lowest BCUT2D eigenvalue weighted by Gasteiger charge is -2.22. The fourth-order valence-corrected chi connectivity index (χ4v) is 4.44. The van der Waals surface area contributed by atoms with Crippen LogP contribution in [0.3, 0.4) is 0 Å². The molecule has 0 saturated heterocycles. The van der Waals surface area contributed by atoms with Gasteiger partial charge < -0.3 is 20.0 Å². The Bertz CT molecular complexity index is 964. The molecule has 184 valence electrons. The van der Waals surface area contributed by atoms with Crippen molar-refractivity contribution in [2.24, 2.45) is 5.16 Å². The molecule has 0 atom stereocenters. The van der Waals surface area contributed by atoms with Crippen molar-refractivity contribution in [3.63, 3.8) is 0 Å². The van der Waals surface area contributed by atoms with E-state index in [2.05, 4.69) is 10.5 Å². The fraction of sp³-hybridized carbons (Fsp3) is 0.500. The summed E-state index contributed by atoms with van der Waals surface area (Å²) in [6.07, 6.45) is 15.6. The largest absolute Gasteiger partial charge is 0.506 e. The van der Waals surface area contributed by atoms with Gasteiger partial charge in [0.2, 0.25) is 0 Å². The number of allylic oxidation sites excluding steroid dienone is 3. The molecule has 0 bridgehead atoms. The van der Waals surface area contributed by atoms with Crippen LogP contribution in [0.4, 0.5) is 0 Å². The van der Waals surface area contributed by atoms with Crippen LogP contribution in [-0.4, -0.2) is 42.0 Å². The third-order valence-corrected chi connectivity index (χ3v) is 6.37. The van der Waals surface area contributed by atoms with Gasteiger partial charge in [-0.1, -0.05) is 54.2 Å². The number of aromatic hydroxyl groups is 1. The second-order valence-corrected chi connectivity index (χ2v) is 9.07. The van der Waals surface area contributed by atoms with Gasteiger partial charge in [-0.05, 0) is 62.3 Å². The maximum atomic E-state index is 12.8. The maximum absolute atomic E-state index is 12.8. The summed E-state index contributed by atoms with van der Waals surface area (Å²) in [5, 5.41) is 17.5. The van der Waals surface area contributed by atoms with Gasteiger partial charge in [-0.3, -0.25) is 4.79 Å². The Morgan fingerprint density at radius 3 is 2.74 bits per heavy atom. The van der Waals surface area contributed by atoms with E-state index in [4.69, 9.17) is 21.2 Å². The van der Waals surface area contributed by atoms with Crippen LogP contribution in [0, 0.1) is 6.92 Å². The highest BCUT2D eigenvalue weighted by Gasteiger charge is 2.23. The highest BCUT2D eigenvalue weighted by Crippen LogP contribution is 2.33. The number of benzene rings is 1. The number of hydrogen-bond acceptors (Lipinski definition) is 6. The van der Waals surface area contributed by atoms with Crippen molar-refractivity contribution in [1.82, 2.24) is 5.32 Å². The molecule has 2 N–H and O–H groups in total. The lowest BCUT2D eigenvalue weighted by Crippen LogP contribution is -2.38. The molecule has 1 heterocycles. The molecule has 1 aromatic carbocycles. The smallest absolute Gasteiger partial charge is 0.338 e. The lowest BCUT2D eigenvalue weighted by molar-refractivity contribution is -0.126. The quantitative estimate of drug-likeness (QED) is 0.346. The minimum absolute atomic E-state index is 0.0701. The fourth-order valence-electron chi connectivity index (χ4n) is 4.23. The number of rotatable bonds is 4. The lowest BCUT2D eigenvalue weighted by atomic mass is 9.95. The van der Waals surface area contributed by atoms with Crippen LogP contribution in [0.1, 0.15) is 72.9 Å². The van der Waals surface area contributed by atoms with Crippen LogP contribution < -0.4 is 5.32 Å². The topological polar surface area (TPSA) is 97.2 Å². The zero-order valence-corrected chi connectivity index (χ0v) is 20.4. The van der Waals surface area contributed by atoms with Crippen molar-refractivity contribution in [3.8, 4) is 5.75 Å². The summed E-state index contributed by atoms with van der Waals surface area (Å²) in [7, 11) is 0. The zero-order valence-electron chi connectivity index (χ0n) is 19.6. The average Bonchev–Trinajstić information content (AvgIpc) is 2.81. The summed E-state index contributed by atoms with van der Waals surface area (Å²) < 4.78 is 5.44. The number of nitrogens with zero attached hydrogens (tertiary/aromatic N) is 1. The second kappa shape index (κ2) is 13.2. The number of cyclic esters (lactones) is 1.